The van der Waals surface area contributed by atoms with E-state index in [0.29, 0.717) is 12.3 Å². The second kappa shape index (κ2) is 8.31. The molecule has 2 aliphatic rings. The van der Waals surface area contributed by atoms with Crippen LogP contribution in [0.15, 0.2) is 12.3 Å². The Morgan fingerprint density at radius 3 is 2.80 bits per heavy atom. The second-order valence-corrected chi connectivity index (χ2v) is 8.63. The van der Waals surface area contributed by atoms with E-state index in [1.54, 1.807) is 6.92 Å². The number of nitrogens with one attached hydrogen (secondary N) is 1. The highest BCUT2D eigenvalue weighted by Gasteiger charge is 2.34. The number of anilines is 1. The average Bonchev–Trinajstić information content (AvgIpc) is 3.33. The predicted octanol–water partition coefficient (Wildman–Crippen LogP) is 1.24. The van der Waals surface area contributed by atoms with Crippen molar-refractivity contribution in [1.29, 1.82) is 5.41 Å². The van der Waals surface area contributed by atoms with Crippen molar-refractivity contribution in [2.75, 3.05) is 31.1 Å². The third kappa shape index (κ3) is 3.79. The molecular weight excluding hydrogens is 380 g/mol. The number of carbonyl (C=O) groups is 1. The van der Waals surface area contributed by atoms with E-state index in [0.717, 1.165) is 61.5 Å². The zero-order valence-electron chi connectivity index (χ0n) is 17.8. The molecule has 5 N–H and O–H groups in total. The maximum Gasteiger partial charge on any atom is 0.233 e. The summed E-state index contributed by atoms with van der Waals surface area (Å²) >= 11 is 0. The van der Waals surface area contributed by atoms with Gasteiger partial charge in [0, 0.05) is 55.8 Å². The van der Waals surface area contributed by atoms with Crippen LogP contribution in [0.2, 0.25) is 0 Å². The highest BCUT2D eigenvalue weighted by Crippen LogP contribution is 2.32. The van der Waals surface area contributed by atoms with Gasteiger partial charge in [-0.15, -0.1) is 0 Å². The van der Waals surface area contributed by atoms with Gasteiger partial charge in [-0.1, -0.05) is 0 Å². The normalized spacial score (nSPS) is 23.2. The SMILES string of the molecule is CC(=N)C(CN)C(=O)N1CCCCC1c1cc2nc(N3CCC(N)C3)c(C)cn2n1. The number of piperidine rings is 1. The van der Waals surface area contributed by atoms with Crippen LogP contribution in [0.4, 0.5) is 5.82 Å². The molecule has 0 spiro atoms. The summed E-state index contributed by atoms with van der Waals surface area (Å²) in [6, 6.07) is 2.08. The van der Waals surface area contributed by atoms with Crippen LogP contribution in [0, 0.1) is 18.3 Å². The number of amides is 1. The number of nitrogens with two attached hydrogens (primary N) is 2. The summed E-state index contributed by atoms with van der Waals surface area (Å²) in [5.41, 5.74) is 14.9. The highest BCUT2D eigenvalue weighted by atomic mass is 16.2. The number of likely N-dealkylation sites (tertiary alicyclic amines) is 1. The van der Waals surface area contributed by atoms with Gasteiger partial charge in [0.2, 0.25) is 5.91 Å². The molecule has 2 aromatic rings. The molecule has 0 bridgehead atoms. The van der Waals surface area contributed by atoms with Gasteiger partial charge in [-0.25, -0.2) is 9.50 Å². The van der Waals surface area contributed by atoms with Gasteiger partial charge in [0.25, 0.3) is 0 Å². The Morgan fingerprint density at radius 1 is 1.33 bits per heavy atom. The van der Waals surface area contributed by atoms with Crippen molar-refractivity contribution in [3.8, 4) is 0 Å². The predicted molar refractivity (Wildman–Crippen MR) is 117 cm³/mol. The van der Waals surface area contributed by atoms with Crippen molar-refractivity contribution in [2.24, 2.45) is 17.4 Å². The topological polar surface area (TPSA) is 130 Å². The Bertz CT molecular complexity index is 954. The number of aromatic nitrogens is 3. The number of aryl methyl sites for hydroxylation is 1. The molecule has 3 unspecified atom stereocenters. The lowest BCUT2D eigenvalue weighted by atomic mass is 9.95. The van der Waals surface area contributed by atoms with Gasteiger partial charge in [0.15, 0.2) is 5.65 Å². The molecule has 1 amide bonds. The summed E-state index contributed by atoms with van der Waals surface area (Å²) in [5, 5.41) is 12.7. The zero-order chi connectivity index (χ0) is 21.4. The molecule has 9 nitrogen and oxygen atoms in total. The molecule has 2 fully saturated rings. The summed E-state index contributed by atoms with van der Waals surface area (Å²) in [6.45, 7) is 6.26. The van der Waals surface area contributed by atoms with E-state index in [2.05, 4.69) is 4.90 Å². The third-order valence-corrected chi connectivity index (χ3v) is 6.33. The average molecular weight is 413 g/mol. The summed E-state index contributed by atoms with van der Waals surface area (Å²) < 4.78 is 1.81. The maximum absolute atomic E-state index is 13.1. The largest absolute Gasteiger partial charge is 0.355 e. The molecule has 0 aliphatic carbocycles. The summed E-state index contributed by atoms with van der Waals surface area (Å²) in [7, 11) is 0. The van der Waals surface area contributed by atoms with E-state index in [1.807, 2.05) is 28.6 Å². The lowest BCUT2D eigenvalue weighted by Crippen LogP contribution is -2.45. The molecule has 30 heavy (non-hydrogen) atoms. The van der Waals surface area contributed by atoms with E-state index in [1.165, 1.54) is 0 Å². The molecule has 2 saturated heterocycles. The van der Waals surface area contributed by atoms with Crippen molar-refractivity contribution in [3.63, 3.8) is 0 Å². The fraction of sp³-hybridized carbons (Fsp3) is 0.619. The Kier molecular flexibility index (Phi) is 5.75. The standard InChI is InChI=1S/C21H32N8O/c1-13-11-29-19(25-20(13)27-8-6-15(24)12-27)9-17(26-29)18-5-3-4-7-28(18)21(30)16(10-22)14(2)23/h9,11,15-16,18,23H,3-8,10,12,22,24H2,1-2H3. The Hall–Kier alpha value is -2.52. The Morgan fingerprint density at radius 2 is 2.13 bits per heavy atom. The van der Waals surface area contributed by atoms with E-state index >= 15 is 0 Å². The van der Waals surface area contributed by atoms with Crippen LogP contribution in [0.1, 0.15) is 49.9 Å². The molecule has 4 heterocycles. The first-order chi connectivity index (χ1) is 14.4. The van der Waals surface area contributed by atoms with Gasteiger partial charge in [-0.3, -0.25) is 4.79 Å². The van der Waals surface area contributed by atoms with E-state index in [-0.39, 0.29) is 24.5 Å². The van der Waals surface area contributed by atoms with Crippen LogP contribution in [0.3, 0.4) is 0 Å². The smallest absolute Gasteiger partial charge is 0.233 e. The fourth-order valence-electron chi connectivity index (χ4n) is 4.65. The van der Waals surface area contributed by atoms with Crippen molar-refractivity contribution >= 4 is 23.1 Å². The zero-order valence-corrected chi connectivity index (χ0v) is 17.8. The minimum absolute atomic E-state index is 0.0670. The van der Waals surface area contributed by atoms with Crippen molar-refractivity contribution < 1.29 is 4.79 Å². The van der Waals surface area contributed by atoms with Crippen molar-refractivity contribution in [1.82, 2.24) is 19.5 Å². The molecular formula is C21H32N8O. The summed E-state index contributed by atoms with van der Waals surface area (Å²) in [4.78, 5) is 22.1. The lowest BCUT2D eigenvalue weighted by molar-refractivity contribution is -0.137. The molecule has 162 valence electrons. The van der Waals surface area contributed by atoms with Gasteiger partial charge < -0.3 is 26.7 Å². The lowest BCUT2D eigenvalue weighted by Gasteiger charge is -2.36. The second-order valence-electron chi connectivity index (χ2n) is 8.63. The fourth-order valence-corrected chi connectivity index (χ4v) is 4.65. The quantitative estimate of drug-likeness (QED) is 0.634. The molecule has 3 atom stereocenters. The number of fused-ring (bicyclic) bond motifs is 1. The monoisotopic (exact) mass is 412 g/mol. The number of hydrogen-bond acceptors (Lipinski definition) is 7. The molecule has 9 heteroatoms. The number of carbonyl (C=O) groups excluding carboxylic acids is 1. The molecule has 4 rings (SSSR count). The Labute approximate surface area is 176 Å². The van der Waals surface area contributed by atoms with Crippen LogP contribution in [0.5, 0.6) is 0 Å². The van der Waals surface area contributed by atoms with Crippen LogP contribution in [0.25, 0.3) is 5.65 Å². The number of rotatable bonds is 5. The van der Waals surface area contributed by atoms with Gasteiger partial charge in [-0.05, 0) is 39.5 Å². The maximum atomic E-state index is 13.1. The van der Waals surface area contributed by atoms with Crippen LogP contribution in [-0.2, 0) is 4.79 Å². The van der Waals surface area contributed by atoms with Crippen LogP contribution in [-0.4, -0.2) is 63.3 Å². The van der Waals surface area contributed by atoms with E-state index in [4.69, 9.17) is 27.0 Å². The Balaban J connectivity index is 1.65. The van der Waals surface area contributed by atoms with Gasteiger partial charge in [0.1, 0.15) is 5.82 Å². The highest BCUT2D eigenvalue weighted by molar-refractivity contribution is 6.02. The van der Waals surface area contributed by atoms with Crippen molar-refractivity contribution in [3.05, 3.63) is 23.5 Å². The first-order valence-electron chi connectivity index (χ1n) is 10.8. The number of nitrogens with zero attached hydrogens (tertiary/aromatic N) is 5. The first kappa shape index (κ1) is 20.7. The summed E-state index contributed by atoms with van der Waals surface area (Å²) in [5.74, 6) is 0.331. The molecule has 2 aliphatic heterocycles. The first-order valence-corrected chi connectivity index (χ1v) is 10.8. The molecule has 0 radical (unpaired) electrons. The minimum Gasteiger partial charge on any atom is -0.355 e. The minimum atomic E-state index is -0.561. The summed E-state index contributed by atoms with van der Waals surface area (Å²) in [6.07, 6.45) is 5.84. The molecule has 0 saturated carbocycles. The van der Waals surface area contributed by atoms with Crippen LogP contribution < -0.4 is 16.4 Å². The number of hydrogen-bond donors (Lipinski definition) is 3. The van der Waals surface area contributed by atoms with E-state index < -0.39 is 5.92 Å². The van der Waals surface area contributed by atoms with Gasteiger partial charge >= 0.3 is 0 Å². The van der Waals surface area contributed by atoms with Gasteiger partial charge in [-0.2, -0.15) is 5.10 Å². The van der Waals surface area contributed by atoms with Crippen molar-refractivity contribution in [2.45, 2.75) is 51.6 Å². The van der Waals surface area contributed by atoms with E-state index in [9.17, 15) is 4.79 Å². The molecule has 0 aromatic carbocycles. The molecule has 2 aromatic heterocycles. The van der Waals surface area contributed by atoms with Crippen LogP contribution >= 0.6 is 0 Å². The third-order valence-electron chi connectivity index (χ3n) is 6.33. The van der Waals surface area contributed by atoms with Gasteiger partial charge in [0.05, 0.1) is 17.7 Å².